The number of benzene rings is 1. The monoisotopic (exact) mass is 420 g/mol. The Kier molecular flexibility index (Phi) is 4.59. The summed E-state index contributed by atoms with van der Waals surface area (Å²) >= 11 is 0. The fraction of sp³-hybridized carbons (Fsp3) is 0.333. The molecule has 0 unspecified atom stereocenters. The van der Waals surface area contributed by atoms with E-state index in [1.165, 1.54) is 12.1 Å². The number of nitrogens with zero attached hydrogens (tertiary/aromatic N) is 3. The number of anilines is 2. The van der Waals surface area contributed by atoms with Crippen LogP contribution in [0.1, 0.15) is 25.0 Å². The van der Waals surface area contributed by atoms with Crippen LogP contribution in [-0.2, 0) is 9.53 Å². The summed E-state index contributed by atoms with van der Waals surface area (Å²) in [6, 6.07) is 8.39. The highest BCUT2D eigenvalue weighted by atomic mass is 19.1. The third kappa shape index (κ3) is 3.49. The second-order valence-electron chi connectivity index (χ2n) is 8.75. The van der Waals surface area contributed by atoms with Gasteiger partial charge in [0.25, 0.3) is 5.91 Å². The number of carbonyl (C=O) groups excluding carboxylic acids is 1. The zero-order valence-electron chi connectivity index (χ0n) is 17.9. The van der Waals surface area contributed by atoms with Crippen molar-refractivity contribution in [2.75, 3.05) is 43.4 Å². The fourth-order valence-electron chi connectivity index (χ4n) is 4.38. The fourth-order valence-corrected chi connectivity index (χ4v) is 4.38. The lowest BCUT2D eigenvalue weighted by Gasteiger charge is -2.33. The minimum atomic E-state index is -0.623. The van der Waals surface area contributed by atoms with Crippen molar-refractivity contribution < 1.29 is 13.9 Å². The van der Waals surface area contributed by atoms with Crippen LogP contribution in [0.2, 0.25) is 0 Å². The number of rotatable bonds is 2. The van der Waals surface area contributed by atoms with Crippen LogP contribution >= 0.6 is 0 Å². The molecule has 160 valence electrons. The summed E-state index contributed by atoms with van der Waals surface area (Å²) in [5.41, 5.74) is 2.84. The standard InChI is InChI=1S/C24H25FN4O2/c1-24(2)18(15-4-7-21(26-14-15)29-10-8-28(3)9-11-29)13-20(31-24)22-17-6-5-16(25)12-19(17)27-23(22)30/h4-7,12-14H,8-11H2,1-3H3,(H,27,30). The van der Waals surface area contributed by atoms with Gasteiger partial charge in [-0.1, -0.05) is 0 Å². The van der Waals surface area contributed by atoms with E-state index in [0.717, 1.165) is 43.1 Å². The molecule has 0 saturated carbocycles. The van der Waals surface area contributed by atoms with Crippen LogP contribution in [0.3, 0.4) is 0 Å². The summed E-state index contributed by atoms with van der Waals surface area (Å²) < 4.78 is 19.8. The lowest BCUT2D eigenvalue weighted by molar-refractivity contribution is -0.111. The third-order valence-corrected chi connectivity index (χ3v) is 6.15. The average molecular weight is 420 g/mol. The zero-order chi connectivity index (χ0) is 21.8. The maximum atomic E-state index is 13.6. The molecule has 1 N–H and O–H groups in total. The lowest BCUT2D eigenvalue weighted by atomic mass is 9.93. The van der Waals surface area contributed by atoms with Crippen LogP contribution in [0.25, 0.3) is 11.1 Å². The molecule has 5 rings (SSSR count). The first-order valence-electron chi connectivity index (χ1n) is 10.5. The van der Waals surface area contributed by atoms with E-state index in [0.29, 0.717) is 22.6 Å². The van der Waals surface area contributed by atoms with E-state index >= 15 is 0 Å². The Hall–Kier alpha value is -3.19. The minimum Gasteiger partial charge on any atom is -0.482 e. The highest BCUT2D eigenvalue weighted by molar-refractivity contribution is 6.32. The molecule has 3 aliphatic heterocycles. The lowest BCUT2D eigenvalue weighted by Crippen LogP contribution is -2.44. The van der Waals surface area contributed by atoms with Gasteiger partial charge in [-0.15, -0.1) is 0 Å². The minimum absolute atomic E-state index is 0.285. The van der Waals surface area contributed by atoms with Crippen LogP contribution in [0.15, 0.2) is 48.4 Å². The SMILES string of the molecule is CN1CCN(c2ccc(C3=CC(=C4C(=O)Nc5cc(F)ccc54)OC3(C)C)cn2)CC1. The third-order valence-electron chi connectivity index (χ3n) is 6.15. The maximum Gasteiger partial charge on any atom is 0.260 e. The Labute approximate surface area is 181 Å². The van der Waals surface area contributed by atoms with Gasteiger partial charge in [-0.3, -0.25) is 4.79 Å². The van der Waals surface area contributed by atoms with Gasteiger partial charge in [0.1, 0.15) is 23.0 Å². The van der Waals surface area contributed by atoms with Crippen LogP contribution in [0.5, 0.6) is 0 Å². The van der Waals surface area contributed by atoms with E-state index in [2.05, 4.69) is 28.2 Å². The van der Waals surface area contributed by atoms with E-state index < -0.39 is 5.60 Å². The van der Waals surface area contributed by atoms with E-state index in [1.54, 1.807) is 6.07 Å². The van der Waals surface area contributed by atoms with Gasteiger partial charge in [-0.25, -0.2) is 9.37 Å². The number of hydrogen-bond donors (Lipinski definition) is 1. The number of pyridine rings is 1. The van der Waals surface area contributed by atoms with E-state index in [4.69, 9.17) is 9.72 Å². The van der Waals surface area contributed by atoms with Gasteiger partial charge < -0.3 is 19.9 Å². The number of halogens is 1. The first-order valence-corrected chi connectivity index (χ1v) is 10.5. The van der Waals surface area contributed by atoms with Crippen molar-refractivity contribution in [3.05, 3.63) is 65.3 Å². The molecule has 31 heavy (non-hydrogen) atoms. The molecule has 4 heterocycles. The number of piperazine rings is 1. The van der Waals surface area contributed by atoms with Crippen molar-refractivity contribution in [1.29, 1.82) is 0 Å². The zero-order valence-corrected chi connectivity index (χ0v) is 17.9. The molecular formula is C24H25FN4O2. The smallest absolute Gasteiger partial charge is 0.260 e. The molecule has 1 aromatic carbocycles. The molecule has 0 radical (unpaired) electrons. The van der Waals surface area contributed by atoms with Crippen LogP contribution in [-0.4, -0.2) is 54.6 Å². The molecule has 1 fully saturated rings. The van der Waals surface area contributed by atoms with Gasteiger partial charge in [0.2, 0.25) is 0 Å². The van der Waals surface area contributed by atoms with E-state index in [-0.39, 0.29) is 11.7 Å². The van der Waals surface area contributed by atoms with Crippen molar-refractivity contribution in [3.63, 3.8) is 0 Å². The number of allylic oxidation sites excluding steroid dienone is 1. The van der Waals surface area contributed by atoms with E-state index in [9.17, 15) is 9.18 Å². The number of amides is 1. The van der Waals surface area contributed by atoms with Crippen molar-refractivity contribution >= 4 is 28.6 Å². The second-order valence-corrected chi connectivity index (χ2v) is 8.75. The molecule has 7 heteroatoms. The topological polar surface area (TPSA) is 57.7 Å². The van der Waals surface area contributed by atoms with Crippen LogP contribution in [0.4, 0.5) is 15.9 Å². The number of fused-ring (bicyclic) bond motifs is 1. The van der Waals surface area contributed by atoms with Crippen molar-refractivity contribution in [2.24, 2.45) is 0 Å². The van der Waals surface area contributed by atoms with Gasteiger partial charge in [-0.05, 0) is 57.3 Å². The number of ether oxygens (including phenoxy) is 1. The maximum absolute atomic E-state index is 13.6. The van der Waals surface area contributed by atoms with Gasteiger partial charge in [0, 0.05) is 49.1 Å². The Morgan fingerprint density at radius 1 is 1.13 bits per heavy atom. The van der Waals surface area contributed by atoms with Gasteiger partial charge in [0.05, 0.1) is 11.3 Å². The predicted molar refractivity (Wildman–Crippen MR) is 119 cm³/mol. The first kappa shape index (κ1) is 19.8. The van der Waals surface area contributed by atoms with Crippen LogP contribution in [0, 0.1) is 5.82 Å². The molecule has 0 bridgehead atoms. The molecular weight excluding hydrogens is 395 g/mol. The number of likely N-dealkylation sites (N-methyl/N-ethyl adjacent to an activating group) is 1. The Morgan fingerprint density at radius 2 is 1.90 bits per heavy atom. The summed E-state index contributed by atoms with van der Waals surface area (Å²) in [6.07, 6.45) is 3.77. The quantitative estimate of drug-likeness (QED) is 0.754. The number of hydrogen-bond acceptors (Lipinski definition) is 5. The van der Waals surface area contributed by atoms with Gasteiger partial charge >= 0.3 is 0 Å². The molecule has 2 aromatic rings. The molecule has 0 spiro atoms. The van der Waals surface area contributed by atoms with E-state index in [1.807, 2.05) is 32.2 Å². The summed E-state index contributed by atoms with van der Waals surface area (Å²) in [6.45, 7) is 7.93. The predicted octanol–water partition coefficient (Wildman–Crippen LogP) is 3.53. The molecule has 1 amide bonds. The Morgan fingerprint density at radius 3 is 2.61 bits per heavy atom. The van der Waals surface area contributed by atoms with Crippen molar-refractivity contribution in [3.8, 4) is 0 Å². The molecule has 1 aromatic heterocycles. The second kappa shape index (κ2) is 7.20. The molecule has 0 aliphatic carbocycles. The summed E-state index contributed by atoms with van der Waals surface area (Å²) in [5, 5.41) is 2.73. The summed E-state index contributed by atoms with van der Waals surface area (Å²) in [5.74, 6) is 0.790. The normalized spacial score (nSPS) is 22.8. The largest absolute Gasteiger partial charge is 0.482 e. The first-order chi connectivity index (χ1) is 14.8. The van der Waals surface area contributed by atoms with Crippen molar-refractivity contribution in [1.82, 2.24) is 9.88 Å². The van der Waals surface area contributed by atoms with Crippen molar-refractivity contribution in [2.45, 2.75) is 19.4 Å². The molecule has 3 aliphatic rings. The highest BCUT2D eigenvalue weighted by Gasteiger charge is 2.38. The number of carbonyl (C=O) groups is 1. The van der Waals surface area contributed by atoms with Crippen LogP contribution < -0.4 is 10.2 Å². The highest BCUT2D eigenvalue weighted by Crippen LogP contribution is 2.44. The summed E-state index contributed by atoms with van der Waals surface area (Å²) in [7, 11) is 2.13. The molecule has 6 nitrogen and oxygen atoms in total. The van der Waals surface area contributed by atoms with Gasteiger partial charge in [-0.2, -0.15) is 0 Å². The summed E-state index contributed by atoms with van der Waals surface area (Å²) in [4.78, 5) is 21.9. The Balaban J connectivity index is 1.48. The molecule has 1 saturated heterocycles. The number of nitrogens with one attached hydrogen (secondary N) is 1. The Bertz CT molecular complexity index is 1110. The number of aromatic nitrogens is 1. The molecule has 0 atom stereocenters. The van der Waals surface area contributed by atoms with Gasteiger partial charge in [0.15, 0.2) is 0 Å². The average Bonchev–Trinajstić information content (AvgIpc) is 3.23.